The molecule has 25 heavy (non-hydrogen) atoms. The summed E-state index contributed by atoms with van der Waals surface area (Å²) in [6.07, 6.45) is 0.499. The lowest BCUT2D eigenvalue weighted by molar-refractivity contribution is 0.513. The normalized spacial score (nSPS) is 12.1. The molecular formula is C20H23NO3S. The van der Waals surface area contributed by atoms with Crippen molar-refractivity contribution in [2.24, 2.45) is 0 Å². The van der Waals surface area contributed by atoms with Crippen molar-refractivity contribution < 1.29 is 12.8 Å². The Morgan fingerprint density at radius 2 is 1.68 bits per heavy atom. The Morgan fingerprint density at radius 1 is 1.00 bits per heavy atom. The fourth-order valence-corrected chi connectivity index (χ4v) is 3.93. The molecule has 0 fully saturated rings. The van der Waals surface area contributed by atoms with Crippen LogP contribution in [0.5, 0.6) is 0 Å². The molecule has 1 aromatic heterocycles. The molecule has 0 aliphatic carbocycles. The summed E-state index contributed by atoms with van der Waals surface area (Å²) >= 11 is 0. The zero-order valence-corrected chi connectivity index (χ0v) is 15.3. The average molecular weight is 357 g/mol. The van der Waals surface area contributed by atoms with Crippen LogP contribution in [0.4, 0.5) is 0 Å². The molecule has 0 atom stereocenters. The summed E-state index contributed by atoms with van der Waals surface area (Å²) in [6.45, 7) is 4.35. The van der Waals surface area contributed by atoms with E-state index in [2.05, 4.69) is 4.72 Å². The number of hydrogen-bond acceptors (Lipinski definition) is 3. The van der Waals surface area contributed by atoms with E-state index in [0.717, 1.165) is 27.9 Å². The molecule has 0 aliphatic rings. The van der Waals surface area contributed by atoms with Gasteiger partial charge in [-0.05, 0) is 18.1 Å². The number of benzene rings is 2. The minimum Gasteiger partial charge on any atom is -0.460 e. The molecule has 0 aliphatic heterocycles. The molecule has 4 nitrogen and oxygen atoms in total. The predicted octanol–water partition coefficient (Wildman–Crippen LogP) is 4.22. The van der Waals surface area contributed by atoms with Crippen LogP contribution in [0, 0.1) is 0 Å². The summed E-state index contributed by atoms with van der Waals surface area (Å²) in [6, 6.07) is 17.4. The third-order valence-electron chi connectivity index (χ3n) is 4.23. The lowest BCUT2D eigenvalue weighted by Gasteiger charge is -2.09. The molecule has 132 valence electrons. The number of nitrogens with one attached hydrogen (secondary N) is 1. The van der Waals surface area contributed by atoms with E-state index >= 15 is 0 Å². The van der Waals surface area contributed by atoms with Crippen molar-refractivity contribution in [3.8, 4) is 0 Å². The number of sulfonamides is 1. The Hall–Kier alpha value is -2.11. The van der Waals surface area contributed by atoms with Crippen LogP contribution in [0.1, 0.15) is 36.7 Å². The Bertz CT molecular complexity index is 943. The van der Waals surface area contributed by atoms with Gasteiger partial charge in [-0.3, -0.25) is 0 Å². The van der Waals surface area contributed by atoms with Crippen LogP contribution in [0.15, 0.2) is 59.0 Å². The number of furan rings is 1. The first-order valence-corrected chi connectivity index (χ1v) is 10.1. The molecule has 0 saturated carbocycles. The first-order valence-electron chi connectivity index (χ1n) is 8.48. The average Bonchev–Trinajstić information content (AvgIpc) is 2.98. The topological polar surface area (TPSA) is 59.3 Å². The number of rotatable bonds is 7. The van der Waals surface area contributed by atoms with Crippen LogP contribution in [0.3, 0.4) is 0 Å². The second-order valence-corrected chi connectivity index (χ2v) is 8.40. The molecular weight excluding hydrogens is 334 g/mol. The largest absolute Gasteiger partial charge is 0.460 e. The molecule has 3 aromatic rings. The second kappa shape index (κ2) is 7.42. The summed E-state index contributed by atoms with van der Waals surface area (Å²) in [5.74, 6) is 1.10. The first-order chi connectivity index (χ1) is 12.0. The molecule has 3 rings (SSSR count). The van der Waals surface area contributed by atoms with Crippen molar-refractivity contribution in [1.82, 2.24) is 4.72 Å². The van der Waals surface area contributed by atoms with E-state index in [0.29, 0.717) is 6.42 Å². The number of hydrogen-bond donors (Lipinski definition) is 1. The van der Waals surface area contributed by atoms with Crippen LogP contribution >= 0.6 is 0 Å². The molecule has 2 aromatic carbocycles. The summed E-state index contributed by atoms with van der Waals surface area (Å²) < 4.78 is 33.4. The fraction of sp³-hybridized carbons (Fsp3) is 0.300. The lowest BCUT2D eigenvalue weighted by Crippen LogP contribution is -2.27. The maximum absolute atomic E-state index is 12.4. The van der Waals surface area contributed by atoms with Gasteiger partial charge in [0.1, 0.15) is 11.3 Å². The maximum atomic E-state index is 12.4. The van der Waals surface area contributed by atoms with E-state index in [1.54, 1.807) is 0 Å². The SMILES string of the molecule is CC(C)c1oc2ccccc2c1CNS(=O)(=O)CCc1ccccc1. The highest BCUT2D eigenvalue weighted by atomic mass is 32.2. The molecule has 0 radical (unpaired) electrons. The Morgan fingerprint density at radius 3 is 2.40 bits per heavy atom. The minimum absolute atomic E-state index is 0.0732. The van der Waals surface area contributed by atoms with Gasteiger partial charge in [0, 0.05) is 23.4 Å². The van der Waals surface area contributed by atoms with E-state index in [-0.39, 0.29) is 18.2 Å². The van der Waals surface area contributed by atoms with Crippen LogP contribution in [-0.2, 0) is 23.0 Å². The fourth-order valence-electron chi connectivity index (χ4n) is 2.92. The van der Waals surface area contributed by atoms with Crippen molar-refractivity contribution >= 4 is 21.0 Å². The highest BCUT2D eigenvalue weighted by Gasteiger charge is 2.19. The van der Waals surface area contributed by atoms with Crippen LogP contribution in [-0.4, -0.2) is 14.2 Å². The van der Waals surface area contributed by atoms with Gasteiger partial charge in [-0.25, -0.2) is 13.1 Å². The molecule has 1 N–H and O–H groups in total. The lowest BCUT2D eigenvalue weighted by atomic mass is 10.0. The number of para-hydroxylation sites is 1. The molecule has 0 amide bonds. The Labute approximate surface area is 148 Å². The Balaban J connectivity index is 1.74. The third-order valence-corrected chi connectivity index (χ3v) is 5.55. The van der Waals surface area contributed by atoms with Gasteiger partial charge in [0.15, 0.2) is 0 Å². The van der Waals surface area contributed by atoms with E-state index < -0.39 is 10.0 Å². The van der Waals surface area contributed by atoms with Crippen molar-refractivity contribution in [3.05, 3.63) is 71.5 Å². The number of fused-ring (bicyclic) bond motifs is 1. The van der Waals surface area contributed by atoms with Gasteiger partial charge in [0.25, 0.3) is 0 Å². The molecule has 0 unspecified atom stereocenters. The standard InChI is InChI=1S/C20H23NO3S/c1-15(2)20-18(17-10-6-7-11-19(17)24-20)14-21-25(22,23)13-12-16-8-4-3-5-9-16/h3-11,15,21H,12-14H2,1-2H3. The molecule has 0 bridgehead atoms. The summed E-state index contributed by atoms with van der Waals surface area (Å²) in [7, 11) is -3.36. The maximum Gasteiger partial charge on any atom is 0.212 e. The highest BCUT2D eigenvalue weighted by molar-refractivity contribution is 7.89. The predicted molar refractivity (Wildman–Crippen MR) is 101 cm³/mol. The second-order valence-electron chi connectivity index (χ2n) is 6.47. The van der Waals surface area contributed by atoms with E-state index in [1.807, 2.05) is 68.4 Å². The van der Waals surface area contributed by atoms with Gasteiger partial charge in [0.2, 0.25) is 10.0 Å². The van der Waals surface area contributed by atoms with Crippen molar-refractivity contribution in [1.29, 1.82) is 0 Å². The quantitative estimate of drug-likeness (QED) is 0.689. The smallest absolute Gasteiger partial charge is 0.212 e. The van der Waals surface area contributed by atoms with Crippen LogP contribution < -0.4 is 4.72 Å². The molecule has 1 heterocycles. The minimum atomic E-state index is -3.36. The van der Waals surface area contributed by atoms with Gasteiger partial charge in [-0.1, -0.05) is 62.4 Å². The van der Waals surface area contributed by atoms with Crippen molar-refractivity contribution in [2.45, 2.75) is 32.7 Å². The number of aryl methyl sites for hydroxylation is 1. The van der Waals surface area contributed by atoms with Gasteiger partial charge in [0.05, 0.1) is 5.75 Å². The molecule has 0 spiro atoms. The van der Waals surface area contributed by atoms with E-state index in [4.69, 9.17) is 4.42 Å². The Kier molecular flexibility index (Phi) is 5.25. The molecule has 0 saturated heterocycles. The van der Waals surface area contributed by atoms with Gasteiger partial charge < -0.3 is 4.42 Å². The van der Waals surface area contributed by atoms with Crippen LogP contribution in [0.2, 0.25) is 0 Å². The van der Waals surface area contributed by atoms with Crippen molar-refractivity contribution in [2.75, 3.05) is 5.75 Å². The van der Waals surface area contributed by atoms with Gasteiger partial charge in [-0.15, -0.1) is 0 Å². The van der Waals surface area contributed by atoms with Gasteiger partial charge >= 0.3 is 0 Å². The monoisotopic (exact) mass is 357 g/mol. The molecule has 5 heteroatoms. The zero-order chi connectivity index (χ0) is 17.9. The zero-order valence-electron chi connectivity index (χ0n) is 14.5. The first kappa shape index (κ1) is 17.7. The summed E-state index contributed by atoms with van der Waals surface area (Å²) in [5, 5.41) is 0.969. The highest BCUT2D eigenvalue weighted by Crippen LogP contribution is 2.30. The van der Waals surface area contributed by atoms with Crippen LogP contribution in [0.25, 0.3) is 11.0 Å². The van der Waals surface area contributed by atoms with Gasteiger partial charge in [-0.2, -0.15) is 0 Å². The van der Waals surface area contributed by atoms with Crippen molar-refractivity contribution in [3.63, 3.8) is 0 Å². The van der Waals surface area contributed by atoms with E-state index in [9.17, 15) is 8.42 Å². The third kappa shape index (κ3) is 4.30. The van der Waals surface area contributed by atoms with E-state index in [1.165, 1.54) is 0 Å². The summed E-state index contributed by atoms with van der Waals surface area (Å²) in [4.78, 5) is 0. The summed E-state index contributed by atoms with van der Waals surface area (Å²) in [5.41, 5.74) is 2.74.